The molecule has 1 fully saturated rings. The highest BCUT2D eigenvalue weighted by Crippen LogP contribution is 2.34. The number of carbonyl (C=O) groups is 2. The lowest BCUT2D eigenvalue weighted by molar-refractivity contribution is -0.155. The van der Waals surface area contributed by atoms with Gasteiger partial charge >= 0.3 is 5.97 Å². The predicted molar refractivity (Wildman–Crippen MR) is 82.9 cm³/mol. The van der Waals surface area contributed by atoms with Crippen molar-refractivity contribution in [3.63, 3.8) is 0 Å². The first kappa shape index (κ1) is 18.0. The molecule has 1 rings (SSSR count). The van der Waals surface area contributed by atoms with E-state index in [4.69, 9.17) is 4.74 Å². The molecular weight excluding hydrogens is 268 g/mol. The van der Waals surface area contributed by atoms with Gasteiger partial charge in [0.15, 0.2) is 0 Å². The number of amides is 1. The molecule has 21 heavy (non-hydrogen) atoms. The van der Waals surface area contributed by atoms with Crippen LogP contribution >= 0.6 is 0 Å². The second-order valence-electron chi connectivity index (χ2n) is 6.60. The molecule has 1 N–H and O–H groups in total. The van der Waals surface area contributed by atoms with E-state index < -0.39 is 5.41 Å². The summed E-state index contributed by atoms with van der Waals surface area (Å²) in [7, 11) is 0. The minimum atomic E-state index is -0.468. The number of hydrogen-bond donors (Lipinski definition) is 1. The van der Waals surface area contributed by atoms with E-state index in [1.807, 2.05) is 27.7 Å². The maximum atomic E-state index is 12.9. The monoisotopic (exact) mass is 298 g/mol. The molecule has 1 unspecified atom stereocenters. The van der Waals surface area contributed by atoms with Crippen LogP contribution in [0.25, 0.3) is 0 Å². The van der Waals surface area contributed by atoms with Gasteiger partial charge < -0.3 is 15.0 Å². The molecule has 0 aliphatic carbocycles. The first-order valence-electron chi connectivity index (χ1n) is 7.98. The minimum absolute atomic E-state index is 0.0160. The summed E-state index contributed by atoms with van der Waals surface area (Å²) in [5.74, 6) is 0.0126. The number of rotatable bonds is 6. The molecule has 0 radical (unpaired) electrons. The van der Waals surface area contributed by atoms with Gasteiger partial charge in [-0.05, 0) is 52.6 Å². The molecule has 1 atom stereocenters. The summed E-state index contributed by atoms with van der Waals surface area (Å²) in [5.41, 5.74) is -0.468. The van der Waals surface area contributed by atoms with E-state index in [0.29, 0.717) is 12.5 Å². The van der Waals surface area contributed by atoms with Crippen LogP contribution in [0.1, 0.15) is 47.5 Å². The molecule has 1 aliphatic heterocycles. The molecule has 1 heterocycles. The predicted octanol–water partition coefficient (Wildman–Crippen LogP) is 1.81. The average molecular weight is 298 g/mol. The Bertz CT molecular complexity index is 361. The van der Waals surface area contributed by atoms with Crippen molar-refractivity contribution in [2.45, 2.75) is 53.5 Å². The Balaban J connectivity index is 2.80. The van der Waals surface area contributed by atoms with Crippen LogP contribution in [0, 0.1) is 11.3 Å². The fourth-order valence-electron chi connectivity index (χ4n) is 2.85. The van der Waals surface area contributed by atoms with Crippen LogP contribution in [-0.4, -0.2) is 49.1 Å². The summed E-state index contributed by atoms with van der Waals surface area (Å²) >= 11 is 0. The first-order chi connectivity index (χ1) is 9.80. The third-order valence-corrected chi connectivity index (χ3v) is 4.36. The van der Waals surface area contributed by atoms with Gasteiger partial charge in [0.25, 0.3) is 0 Å². The van der Waals surface area contributed by atoms with Crippen molar-refractivity contribution in [3.8, 4) is 0 Å². The van der Waals surface area contributed by atoms with E-state index in [0.717, 1.165) is 25.9 Å². The second kappa shape index (κ2) is 7.78. The molecule has 0 spiro atoms. The zero-order chi connectivity index (χ0) is 16.0. The maximum absolute atomic E-state index is 12.9. The number of nitrogens with one attached hydrogen (secondary N) is 1. The molecule has 5 nitrogen and oxygen atoms in total. The molecule has 0 saturated carbocycles. The van der Waals surface area contributed by atoms with E-state index in [9.17, 15) is 9.59 Å². The molecular formula is C16H30N2O3. The quantitative estimate of drug-likeness (QED) is 0.760. The highest BCUT2D eigenvalue weighted by Gasteiger charge is 2.41. The molecule has 0 aromatic heterocycles. The minimum Gasteiger partial charge on any atom is -0.465 e. The van der Waals surface area contributed by atoms with E-state index in [1.54, 1.807) is 11.8 Å². The van der Waals surface area contributed by atoms with Crippen molar-refractivity contribution < 1.29 is 14.3 Å². The Labute approximate surface area is 128 Å². The zero-order valence-electron chi connectivity index (χ0n) is 14.1. The van der Waals surface area contributed by atoms with Gasteiger partial charge in [-0.3, -0.25) is 9.59 Å². The van der Waals surface area contributed by atoms with Crippen LogP contribution in [0.5, 0.6) is 0 Å². The van der Waals surface area contributed by atoms with Crippen LogP contribution in [0.4, 0.5) is 0 Å². The standard InChI is InChI=1S/C16H30N2O3/c1-6-21-14(19)11-18(12(2)3)15(20)16(4,5)13-8-7-9-17-10-13/h12-13,17H,6-11H2,1-5H3. The number of nitrogens with zero attached hydrogens (tertiary/aromatic N) is 1. The zero-order valence-corrected chi connectivity index (χ0v) is 14.1. The van der Waals surface area contributed by atoms with Gasteiger partial charge in [0.05, 0.1) is 6.61 Å². The van der Waals surface area contributed by atoms with Gasteiger partial charge in [0, 0.05) is 11.5 Å². The van der Waals surface area contributed by atoms with Crippen molar-refractivity contribution in [2.75, 3.05) is 26.2 Å². The van der Waals surface area contributed by atoms with E-state index in [-0.39, 0.29) is 24.5 Å². The van der Waals surface area contributed by atoms with Gasteiger partial charge in [0.2, 0.25) is 5.91 Å². The summed E-state index contributed by atoms with van der Waals surface area (Å²) in [6.45, 7) is 11.9. The Kier molecular flexibility index (Phi) is 6.65. The lowest BCUT2D eigenvalue weighted by atomic mass is 9.74. The van der Waals surface area contributed by atoms with Crippen LogP contribution in [0.15, 0.2) is 0 Å². The van der Waals surface area contributed by atoms with Crippen molar-refractivity contribution in [3.05, 3.63) is 0 Å². The lowest BCUT2D eigenvalue weighted by Gasteiger charge is -2.40. The summed E-state index contributed by atoms with van der Waals surface area (Å²) in [4.78, 5) is 26.3. The van der Waals surface area contributed by atoms with Crippen LogP contribution in [-0.2, 0) is 14.3 Å². The number of carbonyl (C=O) groups excluding carboxylic acids is 2. The Morgan fingerprint density at radius 2 is 2.05 bits per heavy atom. The summed E-state index contributed by atoms with van der Waals surface area (Å²) in [5, 5.41) is 3.36. The molecule has 0 aromatic carbocycles. The molecule has 0 bridgehead atoms. The summed E-state index contributed by atoms with van der Waals surface area (Å²) in [6, 6.07) is -0.0160. The third-order valence-electron chi connectivity index (χ3n) is 4.36. The van der Waals surface area contributed by atoms with Crippen LogP contribution in [0.3, 0.4) is 0 Å². The maximum Gasteiger partial charge on any atom is 0.325 e. The largest absolute Gasteiger partial charge is 0.465 e. The van der Waals surface area contributed by atoms with Crippen molar-refractivity contribution in [1.29, 1.82) is 0 Å². The van der Waals surface area contributed by atoms with Crippen LogP contribution < -0.4 is 5.32 Å². The van der Waals surface area contributed by atoms with Gasteiger partial charge in [-0.2, -0.15) is 0 Å². The topological polar surface area (TPSA) is 58.6 Å². The highest BCUT2D eigenvalue weighted by atomic mass is 16.5. The van der Waals surface area contributed by atoms with E-state index in [2.05, 4.69) is 5.32 Å². The Morgan fingerprint density at radius 3 is 2.52 bits per heavy atom. The molecule has 5 heteroatoms. The highest BCUT2D eigenvalue weighted by molar-refractivity contribution is 5.86. The first-order valence-corrected chi connectivity index (χ1v) is 7.98. The molecule has 0 aromatic rings. The SMILES string of the molecule is CCOC(=O)CN(C(=O)C(C)(C)C1CCCNC1)C(C)C. The van der Waals surface area contributed by atoms with Crippen molar-refractivity contribution >= 4 is 11.9 Å². The van der Waals surface area contributed by atoms with E-state index >= 15 is 0 Å². The molecule has 122 valence electrons. The fraction of sp³-hybridized carbons (Fsp3) is 0.875. The third kappa shape index (κ3) is 4.70. The molecule has 1 saturated heterocycles. The normalized spacial score (nSPS) is 19.4. The van der Waals surface area contributed by atoms with Crippen molar-refractivity contribution in [2.24, 2.45) is 11.3 Å². The lowest BCUT2D eigenvalue weighted by Crippen LogP contribution is -2.52. The van der Waals surface area contributed by atoms with Gasteiger partial charge in [-0.15, -0.1) is 0 Å². The smallest absolute Gasteiger partial charge is 0.325 e. The second-order valence-corrected chi connectivity index (χ2v) is 6.60. The summed E-state index contributed by atoms with van der Waals surface area (Å²) in [6.07, 6.45) is 2.15. The van der Waals surface area contributed by atoms with Crippen molar-refractivity contribution in [1.82, 2.24) is 10.2 Å². The van der Waals surface area contributed by atoms with Gasteiger partial charge in [0.1, 0.15) is 6.54 Å². The number of hydrogen-bond acceptors (Lipinski definition) is 4. The summed E-state index contributed by atoms with van der Waals surface area (Å²) < 4.78 is 4.99. The van der Waals surface area contributed by atoms with Gasteiger partial charge in [-0.25, -0.2) is 0 Å². The van der Waals surface area contributed by atoms with E-state index in [1.165, 1.54) is 0 Å². The van der Waals surface area contributed by atoms with Gasteiger partial charge in [-0.1, -0.05) is 13.8 Å². The Hall–Kier alpha value is -1.10. The number of piperidine rings is 1. The number of esters is 1. The average Bonchev–Trinajstić information content (AvgIpc) is 2.45. The van der Waals surface area contributed by atoms with Crippen LogP contribution in [0.2, 0.25) is 0 Å². The number of ether oxygens (including phenoxy) is 1. The molecule has 1 aliphatic rings. The fourth-order valence-corrected chi connectivity index (χ4v) is 2.85. The Morgan fingerprint density at radius 1 is 1.38 bits per heavy atom. The molecule has 1 amide bonds.